The first-order valence-corrected chi connectivity index (χ1v) is 9.34. The van der Waals surface area contributed by atoms with E-state index in [0.717, 1.165) is 12.8 Å². The lowest BCUT2D eigenvalue weighted by Gasteiger charge is -2.13. The van der Waals surface area contributed by atoms with Gasteiger partial charge >= 0.3 is 0 Å². The van der Waals surface area contributed by atoms with E-state index < -0.39 is 5.91 Å². The summed E-state index contributed by atoms with van der Waals surface area (Å²) in [5.41, 5.74) is 2.53. The van der Waals surface area contributed by atoms with Crippen LogP contribution < -0.4 is 15.0 Å². The molecule has 3 N–H and O–H groups in total. The van der Waals surface area contributed by atoms with Gasteiger partial charge < -0.3 is 14.6 Å². The second kappa shape index (κ2) is 10.5. The summed E-state index contributed by atoms with van der Waals surface area (Å²) in [6.45, 7) is 0.323. The first-order chi connectivity index (χ1) is 13.9. The predicted molar refractivity (Wildman–Crippen MR) is 104 cm³/mol. The van der Waals surface area contributed by atoms with E-state index in [4.69, 9.17) is 14.7 Å². The minimum atomic E-state index is -0.424. The van der Waals surface area contributed by atoms with Crippen LogP contribution in [0, 0.1) is 0 Å². The number of phenols is 1. The van der Waals surface area contributed by atoms with Gasteiger partial charge in [0.2, 0.25) is 17.6 Å². The number of hydrogen-bond acceptors (Lipinski definition) is 7. The molecule has 0 unspecified atom stereocenters. The van der Waals surface area contributed by atoms with E-state index in [2.05, 4.69) is 0 Å². The Morgan fingerprint density at radius 3 is 2.34 bits per heavy atom. The van der Waals surface area contributed by atoms with Crippen molar-refractivity contribution >= 4 is 23.8 Å². The Labute approximate surface area is 168 Å². The zero-order valence-electron chi connectivity index (χ0n) is 16.6. The summed E-state index contributed by atoms with van der Waals surface area (Å²) in [6, 6.07) is 3.13. The molecule has 9 nitrogen and oxygen atoms in total. The van der Waals surface area contributed by atoms with Gasteiger partial charge in [-0.25, -0.2) is 5.48 Å². The fraction of sp³-hybridized carbons (Fsp3) is 0.450. The minimum Gasteiger partial charge on any atom is -0.502 e. The van der Waals surface area contributed by atoms with Crippen molar-refractivity contribution in [2.75, 3.05) is 20.8 Å². The fourth-order valence-corrected chi connectivity index (χ4v) is 3.12. The quantitative estimate of drug-likeness (QED) is 0.178. The number of hydroxylamine groups is 1. The zero-order valence-corrected chi connectivity index (χ0v) is 16.6. The maximum atomic E-state index is 12.6. The molecule has 0 bridgehead atoms. The molecule has 1 fully saturated rings. The fourth-order valence-electron chi connectivity index (χ4n) is 3.12. The number of hydrogen-bond donors (Lipinski definition) is 3. The molecule has 9 heteroatoms. The molecule has 0 radical (unpaired) electrons. The Hall–Kier alpha value is -3.07. The second-order valence-corrected chi connectivity index (χ2v) is 6.67. The molecule has 2 rings (SSSR count). The van der Waals surface area contributed by atoms with Gasteiger partial charge in [-0.1, -0.05) is 12.8 Å². The van der Waals surface area contributed by atoms with Crippen LogP contribution in [0.3, 0.4) is 0 Å². The van der Waals surface area contributed by atoms with E-state index in [9.17, 15) is 19.5 Å². The summed E-state index contributed by atoms with van der Waals surface area (Å²) in [4.78, 5) is 37.0. The molecule has 3 amide bonds. The molecule has 1 aliphatic rings. The summed E-state index contributed by atoms with van der Waals surface area (Å²) in [5, 5.41) is 18.4. The maximum Gasteiger partial charge on any atom is 0.256 e. The Balaban J connectivity index is 1.97. The highest BCUT2D eigenvalue weighted by Crippen LogP contribution is 2.38. The number of likely N-dealkylation sites (tertiary alicyclic amines) is 1. The third kappa shape index (κ3) is 5.71. The highest BCUT2D eigenvalue weighted by atomic mass is 16.5. The van der Waals surface area contributed by atoms with E-state index in [1.165, 1.54) is 19.1 Å². The molecule has 0 aromatic heterocycles. The molecular formula is C20H26N2O7. The highest BCUT2D eigenvalue weighted by Gasteiger charge is 2.33. The largest absolute Gasteiger partial charge is 0.502 e. The third-order valence-corrected chi connectivity index (χ3v) is 4.67. The summed E-state index contributed by atoms with van der Waals surface area (Å²) < 4.78 is 10.2. The number of nitrogens with one attached hydrogen (secondary N) is 1. The van der Waals surface area contributed by atoms with Gasteiger partial charge in [0.05, 0.1) is 20.6 Å². The lowest BCUT2D eigenvalue weighted by molar-refractivity contribution is -0.137. The first-order valence-electron chi connectivity index (χ1n) is 9.34. The Morgan fingerprint density at radius 2 is 1.76 bits per heavy atom. The van der Waals surface area contributed by atoms with Crippen molar-refractivity contribution in [3.8, 4) is 17.2 Å². The number of rotatable bonds is 10. The van der Waals surface area contributed by atoms with Crippen LogP contribution in [0.5, 0.6) is 17.2 Å². The number of imide groups is 1. The molecule has 1 aliphatic heterocycles. The van der Waals surface area contributed by atoms with Gasteiger partial charge in [-0.2, -0.15) is 0 Å². The molecule has 0 aliphatic carbocycles. The van der Waals surface area contributed by atoms with Gasteiger partial charge in [-0.05, 0) is 36.6 Å². The summed E-state index contributed by atoms with van der Waals surface area (Å²) in [7, 11) is 2.82. The van der Waals surface area contributed by atoms with Crippen molar-refractivity contribution in [3.05, 3.63) is 23.3 Å². The van der Waals surface area contributed by atoms with Crippen LogP contribution in [0.4, 0.5) is 0 Å². The number of ether oxygens (including phenoxy) is 2. The highest BCUT2D eigenvalue weighted by molar-refractivity contribution is 6.15. The van der Waals surface area contributed by atoms with E-state index in [-0.39, 0.29) is 41.9 Å². The molecule has 0 saturated carbocycles. The Morgan fingerprint density at radius 1 is 1.14 bits per heavy atom. The van der Waals surface area contributed by atoms with Crippen molar-refractivity contribution in [2.24, 2.45) is 0 Å². The van der Waals surface area contributed by atoms with Crippen molar-refractivity contribution in [1.82, 2.24) is 10.4 Å². The minimum absolute atomic E-state index is 0.0149. The Bertz CT molecular complexity index is 779. The molecule has 1 heterocycles. The van der Waals surface area contributed by atoms with Crippen molar-refractivity contribution in [3.63, 3.8) is 0 Å². The standard InChI is InChI=1S/C20H26N2O7/c1-28-15-10-13(11-16(29-2)19(15)25)9-14-12-18(24)22(20(14)26)8-6-4-3-5-7-17(23)21-27/h9-11,25,27H,3-8,12H2,1-2H3,(H,21,23)/b14-9+. The average Bonchev–Trinajstić information content (AvgIpc) is 2.98. The normalized spacial score (nSPS) is 15.1. The summed E-state index contributed by atoms with van der Waals surface area (Å²) in [5.74, 6) is -0.727. The van der Waals surface area contributed by atoms with E-state index in [1.54, 1.807) is 23.7 Å². The molecule has 0 atom stereocenters. The van der Waals surface area contributed by atoms with Gasteiger partial charge in [0.25, 0.3) is 5.91 Å². The predicted octanol–water partition coefficient (Wildman–Crippen LogP) is 2.01. The third-order valence-electron chi connectivity index (χ3n) is 4.67. The number of amides is 3. The number of carbonyl (C=O) groups excluding carboxylic acids is 3. The van der Waals surface area contributed by atoms with Crippen molar-refractivity contribution < 1.29 is 34.2 Å². The second-order valence-electron chi connectivity index (χ2n) is 6.67. The monoisotopic (exact) mass is 406 g/mol. The molecule has 1 aromatic carbocycles. The van der Waals surface area contributed by atoms with Crippen LogP contribution in [0.1, 0.15) is 44.1 Å². The summed E-state index contributed by atoms with van der Waals surface area (Å²) >= 11 is 0. The lowest BCUT2D eigenvalue weighted by Crippen LogP contribution is -2.30. The average molecular weight is 406 g/mol. The van der Waals surface area contributed by atoms with Gasteiger partial charge in [0, 0.05) is 18.5 Å². The number of phenolic OH excluding ortho intramolecular Hbond substituents is 1. The number of benzene rings is 1. The van der Waals surface area contributed by atoms with Gasteiger partial charge in [0.1, 0.15) is 0 Å². The van der Waals surface area contributed by atoms with Crippen LogP contribution >= 0.6 is 0 Å². The van der Waals surface area contributed by atoms with Crippen LogP contribution in [-0.2, 0) is 14.4 Å². The van der Waals surface area contributed by atoms with E-state index in [1.807, 2.05) is 0 Å². The van der Waals surface area contributed by atoms with Gasteiger partial charge in [0.15, 0.2) is 11.5 Å². The number of carbonyl (C=O) groups is 3. The maximum absolute atomic E-state index is 12.6. The molecule has 1 saturated heterocycles. The zero-order chi connectivity index (χ0) is 21.4. The van der Waals surface area contributed by atoms with Crippen LogP contribution in [0.25, 0.3) is 6.08 Å². The van der Waals surface area contributed by atoms with Gasteiger partial charge in [-0.3, -0.25) is 24.5 Å². The SMILES string of the molecule is COc1cc(/C=C2\CC(=O)N(CCCCCCC(=O)NO)C2=O)cc(OC)c1O. The van der Waals surface area contributed by atoms with Crippen LogP contribution in [0.2, 0.25) is 0 Å². The molecule has 1 aromatic rings. The van der Waals surface area contributed by atoms with Gasteiger partial charge in [-0.15, -0.1) is 0 Å². The summed E-state index contributed by atoms with van der Waals surface area (Å²) in [6.07, 6.45) is 4.65. The molecular weight excluding hydrogens is 380 g/mol. The lowest BCUT2D eigenvalue weighted by atomic mass is 10.1. The molecule has 0 spiro atoms. The first kappa shape index (κ1) is 22.2. The topological polar surface area (TPSA) is 125 Å². The molecule has 158 valence electrons. The molecule has 29 heavy (non-hydrogen) atoms. The number of aromatic hydroxyl groups is 1. The van der Waals surface area contributed by atoms with E-state index in [0.29, 0.717) is 30.5 Å². The number of unbranched alkanes of at least 4 members (excludes halogenated alkanes) is 3. The van der Waals surface area contributed by atoms with Crippen LogP contribution in [-0.4, -0.2) is 53.7 Å². The van der Waals surface area contributed by atoms with Crippen molar-refractivity contribution in [1.29, 1.82) is 0 Å². The number of methoxy groups -OCH3 is 2. The Kier molecular flexibility index (Phi) is 8.02. The van der Waals surface area contributed by atoms with Crippen LogP contribution in [0.15, 0.2) is 17.7 Å². The smallest absolute Gasteiger partial charge is 0.256 e. The number of nitrogens with zero attached hydrogens (tertiary/aromatic N) is 1. The van der Waals surface area contributed by atoms with E-state index >= 15 is 0 Å². The van der Waals surface area contributed by atoms with Crippen molar-refractivity contribution in [2.45, 2.75) is 38.5 Å².